The highest BCUT2D eigenvalue weighted by Crippen LogP contribution is 2.23. The number of carbonyl (C=O) groups is 1. The van der Waals surface area contributed by atoms with Gasteiger partial charge in [0.25, 0.3) is 0 Å². The fourth-order valence-electron chi connectivity index (χ4n) is 9.74. The van der Waals surface area contributed by atoms with Gasteiger partial charge in [0.1, 0.15) is 24.4 Å². The monoisotopic (exact) mass is 978 g/mol. The van der Waals surface area contributed by atoms with Gasteiger partial charge in [0.05, 0.1) is 25.4 Å². The summed E-state index contributed by atoms with van der Waals surface area (Å²) in [5, 5.41) is 54.2. The number of unbranched alkanes of at least 4 members (excludes halogenated alkanes) is 40. The number of aliphatic hydroxyl groups is 5. The van der Waals surface area contributed by atoms with Crippen LogP contribution in [0, 0.1) is 0 Å². The second-order valence-electron chi connectivity index (χ2n) is 21.1. The van der Waals surface area contributed by atoms with Crippen LogP contribution < -0.4 is 5.32 Å². The predicted octanol–water partition coefficient (Wildman–Crippen LogP) is 15.0. The average Bonchev–Trinajstić information content (AvgIpc) is 3.35. The summed E-state index contributed by atoms with van der Waals surface area (Å²) in [7, 11) is 0. The first-order valence-corrected chi connectivity index (χ1v) is 30.1. The van der Waals surface area contributed by atoms with Crippen molar-refractivity contribution in [2.45, 2.75) is 339 Å². The standard InChI is InChI=1S/C60H115NO8/c1-3-5-7-9-11-13-14-15-16-17-18-19-20-21-22-23-24-25-26-27-28-29-30-31-32-33-34-35-36-37-38-39-40-42-44-46-48-50-56(64)61-53(54(63)49-47-45-43-41-12-10-8-6-4-2)52-68-60-59(67)58(66)57(65)55(51-62)69-60/h17-18,47,49,53-55,57-60,62-63,65-67H,3-16,19-46,48,50-52H2,1-2H3,(H,61,64)/b18-17-,49-47+. The van der Waals surface area contributed by atoms with Crippen LogP contribution in [0.5, 0.6) is 0 Å². The molecule has 0 aromatic rings. The van der Waals surface area contributed by atoms with Gasteiger partial charge < -0.3 is 40.3 Å². The van der Waals surface area contributed by atoms with Crippen LogP contribution in [0.4, 0.5) is 0 Å². The van der Waals surface area contributed by atoms with E-state index in [9.17, 15) is 30.3 Å². The van der Waals surface area contributed by atoms with Crippen LogP contribution in [0.15, 0.2) is 24.3 Å². The Balaban J connectivity index is 2.00. The molecule has 9 nitrogen and oxygen atoms in total. The molecule has 7 unspecified atom stereocenters. The zero-order chi connectivity index (χ0) is 50.1. The summed E-state index contributed by atoms with van der Waals surface area (Å²) in [6, 6.07) is -0.799. The van der Waals surface area contributed by atoms with E-state index in [1.54, 1.807) is 6.08 Å². The smallest absolute Gasteiger partial charge is 0.220 e. The van der Waals surface area contributed by atoms with E-state index in [-0.39, 0.29) is 12.5 Å². The van der Waals surface area contributed by atoms with Crippen molar-refractivity contribution in [2.75, 3.05) is 13.2 Å². The molecule has 69 heavy (non-hydrogen) atoms. The molecular weight excluding hydrogens is 863 g/mol. The van der Waals surface area contributed by atoms with Crippen LogP contribution in [0.2, 0.25) is 0 Å². The van der Waals surface area contributed by atoms with Crippen molar-refractivity contribution in [1.82, 2.24) is 5.32 Å². The van der Waals surface area contributed by atoms with E-state index >= 15 is 0 Å². The van der Waals surface area contributed by atoms with Crippen molar-refractivity contribution in [3.63, 3.8) is 0 Å². The van der Waals surface area contributed by atoms with Crippen molar-refractivity contribution >= 4 is 5.91 Å². The molecule has 7 atom stereocenters. The van der Waals surface area contributed by atoms with Gasteiger partial charge in [-0.3, -0.25) is 4.79 Å². The number of amides is 1. The van der Waals surface area contributed by atoms with Crippen molar-refractivity contribution in [1.29, 1.82) is 0 Å². The minimum absolute atomic E-state index is 0.174. The number of ether oxygens (including phenoxy) is 2. The fraction of sp³-hybridized carbons (Fsp3) is 0.917. The number of allylic oxidation sites excluding steroid dienone is 3. The molecule has 0 saturated carbocycles. The van der Waals surface area contributed by atoms with E-state index in [2.05, 4.69) is 31.3 Å². The lowest BCUT2D eigenvalue weighted by molar-refractivity contribution is -0.302. The third kappa shape index (κ3) is 39.8. The Morgan fingerprint density at radius 2 is 0.812 bits per heavy atom. The molecule has 1 aliphatic heterocycles. The van der Waals surface area contributed by atoms with E-state index < -0.39 is 49.5 Å². The molecule has 9 heteroatoms. The molecule has 6 N–H and O–H groups in total. The first-order valence-electron chi connectivity index (χ1n) is 30.1. The van der Waals surface area contributed by atoms with Gasteiger partial charge in [-0.05, 0) is 44.9 Å². The number of rotatable bonds is 52. The fourth-order valence-corrected chi connectivity index (χ4v) is 9.74. The Labute approximate surface area is 426 Å². The SMILES string of the molecule is CCCCCCCCC/C=C/C(O)C(COC1OC(CO)C(O)C(O)C1O)NC(=O)CCCCCCCCCCCCCCCCCCCCCCCCCCC/C=C\CCCCCCCCCC. The molecule has 408 valence electrons. The highest BCUT2D eigenvalue weighted by Gasteiger charge is 2.44. The Kier molecular flexibility index (Phi) is 47.8. The Hall–Kier alpha value is -1.33. The van der Waals surface area contributed by atoms with Gasteiger partial charge in [-0.1, -0.05) is 269 Å². The zero-order valence-electron chi connectivity index (χ0n) is 45.3. The molecule has 1 rings (SSSR count). The molecule has 1 fully saturated rings. The predicted molar refractivity (Wildman–Crippen MR) is 290 cm³/mol. The van der Waals surface area contributed by atoms with Gasteiger partial charge >= 0.3 is 0 Å². The molecule has 0 aromatic heterocycles. The molecule has 0 aliphatic carbocycles. The third-order valence-corrected chi connectivity index (χ3v) is 14.5. The molecule has 1 amide bonds. The van der Waals surface area contributed by atoms with E-state index in [0.29, 0.717) is 6.42 Å². The molecule has 0 spiro atoms. The summed E-state index contributed by atoms with van der Waals surface area (Å²) in [6.45, 7) is 3.76. The van der Waals surface area contributed by atoms with Crippen molar-refractivity contribution in [3.05, 3.63) is 24.3 Å². The van der Waals surface area contributed by atoms with Gasteiger partial charge in [-0.15, -0.1) is 0 Å². The summed E-state index contributed by atoms with van der Waals surface area (Å²) >= 11 is 0. The van der Waals surface area contributed by atoms with Crippen LogP contribution in [0.3, 0.4) is 0 Å². The number of hydrogen-bond donors (Lipinski definition) is 6. The molecule has 0 bridgehead atoms. The Bertz CT molecular complexity index is 1130. The maximum Gasteiger partial charge on any atom is 0.220 e. The molecule has 1 aliphatic rings. The lowest BCUT2D eigenvalue weighted by atomic mass is 9.99. The van der Waals surface area contributed by atoms with Crippen molar-refractivity contribution < 1.29 is 39.8 Å². The van der Waals surface area contributed by atoms with Crippen LogP contribution in [0.25, 0.3) is 0 Å². The summed E-state index contributed by atoms with van der Waals surface area (Å²) in [5.74, 6) is -0.174. The lowest BCUT2D eigenvalue weighted by Gasteiger charge is -2.40. The maximum absolute atomic E-state index is 13.0. The minimum Gasteiger partial charge on any atom is -0.394 e. The van der Waals surface area contributed by atoms with E-state index in [1.807, 2.05) is 6.08 Å². The summed E-state index contributed by atoms with van der Waals surface area (Å²) < 4.78 is 11.2. The first kappa shape index (κ1) is 65.7. The van der Waals surface area contributed by atoms with Gasteiger partial charge in [0.2, 0.25) is 5.91 Å². The zero-order valence-corrected chi connectivity index (χ0v) is 45.3. The second kappa shape index (κ2) is 50.2. The van der Waals surface area contributed by atoms with Gasteiger partial charge in [0.15, 0.2) is 6.29 Å². The molecule has 1 heterocycles. The topological polar surface area (TPSA) is 149 Å². The minimum atomic E-state index is -1.56. The Morgan fingerprint density at radius 1 is 0.478 bits per heavy atom. The summed E-state index contributed by atoms with van der Waals surface area (Å²) in [6.07, 6.45) is 57.3. The van der Waals surface area contributed by atoms with Crippen LogP contribution in [-0.4, -0.2) is 87.5 Å². The lowest BCUT2D eigenvalue weighted by Crippen LogP contribution is -2.60. The maximum atomic E-state index is 13.0. The highest BCUT2D eigenvalue weighted by atomic mass is 16.7. The number of aliphatic hydroxyl groups excluding tert-OH is 5. The van der Waals surface area contributed by atoms with Crippen molar-refractivity contribution in [3.8, 4) is 0 Å². The quantitative estimate of drug-likeness (QED) is 0.0261. The van der Waals surface area contributed by atoms with Gasteiger partial charge in [-0.2, -0.15) is 0 Å². The van der Waals surface area contributed by atoms with E-state index in [1.165, 1.54) is 238 Å². The van der Waals surface area contributed by atoms with Gasteiger partial charge in [-0.25, -0.2) is 0 Å². The second-order valence-corrected chi connectivity index (χ2v) is 21.1. The number of carbonyl (C=O) groups excluding carboxylic acids is 1. The summed E-state index contributed by atoms with van der Waals surface area (Å²) in [5.41, 5.74) is 0. The van der Waals surface area contributed by atoms with E-state index in [0.717, 1.165) is 38.5 Å². The van der Waals surface area contributed by atoms with Crippen LogP contribution >= 0.6 is 0 Å². The first-order chi connectivity index (χ1) is 33.8. The number of hydrogen-bond acceptors (Lipinski definition) is 8. The molecule has 1 saturated heterocycles. The average molecular weight is 979 g/mol. The molecular formula is C60H115NO8. The summed E-state index contributed by atoms with van der Waals surface area (Å²) in [4.78, 5) is 13.0. The van der Waals surface area contributed by atoms with Gasteiger partial charge in [0, 0.05) is 6.42 Å². The molecule has 0 aromatic carbocycles. The van der Waals surface area contributed by atoms with Crippen LogP contribution in [0.1, 0.15) is 296 Å². The van der Waals surface area contributed by atoms with Crippen LogP contribution in [-0.2, 0) is 14.3 Å². The normalized spacial score (nSPS) is 19.6. The number of nitrogens with one attached hydrogen (secondary N) is 1. The van der Waals surface area contributed by atoms with Crippen molar-refractivity contribution in [2.24, 2.45) is 0 Å². The van der Waals surface area contributed by atoms with E-state index in [4.69, 9.17) is 9.47 Å². The third-order valence-electron chi connectivity index (χ3n) is 14.5. The largest absolute Gasteiger partial charge is 0.394 e. The molecule has 0 radical (unpaired) electrons. The highest BCUT2D eigenvalue weighted by molar-refractivity contribution is 5.76. The Morgan fingerprint density at radius 3 is 1.17 bits per heavy atom.